The number of pyridine rings is 1. The van der Waals surface area contributed by atoms with E-state index in [0.29, 0.717) is 18.0 Å². The zero-order valence-electron chi connectivity index (χ0n) is 19.1. The van der Waals surface area contributed by atoms with Crippen LogP contribution in [0.15, 0.2) is 59.6 Å². The maximum atomic E-state index is 13.5. The van der Waals surface area contributed by atoms with E-state index in [-0.39, 0.29) is 17.3 Å². The molecule has 0 radical (unpaired) electrons. The molecule has 1 aromatic heterocycles. The molecule has 174 valence electrons. The summed E-state index contributed by atoms with van der Waals surface area (Å²) in [4.78, 5) is 19.7. The van der Waals surface area contributed by atoms with E-state index in [1.807, 2.05) is 13.0 Å². The molecule has 6 nitrogen and oxygen atoms in total. The number of amides is 2. The van der Waals surface area contributed by atoms with E-state index < -0.39 is 10.6 Å². The normalized spacial score (nSPS) is 15.3. The summed E-state index contributed by atoms with van der Waals surface area (Å²) in [7, 11) is -2.76. The number of anilines is 1. The summed E-state index contributed by atoms with van der Waals surface area (Å²) in [5.41, 5.74) is 4.79. The van der Waals surface area contributed by atoms with Crippen LogP contribution in [0.3, 0.4) is 0 Å². The SMILES string of the molecule is Cc1cc(F)ccc1-c1cc2c(cn1)N(C(=O)NCc1ccc(S(C)(O)O)cc1)CC2(C)C. The van der Waals surface area contributed by atoms with Crippen LogP contribution >= 0.6 is 10.6 Å². The third-order valence-corrected chi connectivity index (χ3v) is 7.14. The summed E-state index contributed by atoms with van der Waals surface area (Å²) in [5, 5.41) is 2.94. The predicted octanol–water partition coefficient (Wildman–Crippen LogP) is 5.94. The van der Waals surface area contributed by atoms with Gasteiger partial charge in [-0.15, -0.1) is 0 Å². The van der Waals surface area contributed by atoms with Gasteiger partial charge in [0.2, 0.25) is 0 Å². The number of aromatic nitrogens is 1. The van der Waals surface area contributed by atoms with Crippen molar-refractivity contribution >= 4 is 22.3 Å². The summed E-state index contributed by atoms with van der Waals surface area (Å²) in [5.74, 6) is -0.279. The Morgan fingerprint density at radius 2 is 1.88 bits per heavy atom. The molecule has 0 saturated heterocycles. The molecule has 0 spiro atoms. The van der Waals surface area contributed by atoms with Gasteiger partial charge in [0.1, 0.15) is 5.82 Å². The summed E-state index contributed by atoms with van der Waals surface area (Å²) < 4.78 is 33.0. The largest absolute Gasteiger partial charge is 0.334 e. The summed E-state index contributed by atoms with van der Waals surface area (Å²) in [6.45, 7) is 6.85. The quantitative estimate of drug-likeness (QED) is 0.441. The number of benzene rings is 2. The number of carbonyl (C=O) groups excluding carboxylic acids is 1. The molecular formula is C25H28FN3O3S. The number of nitrogens with zero attached hydrogens (tertiary/aromatic N) is 2. The number of urea groups is 1. The van der Waals surface area contributed by atoms with Crippen molar-refractivity contribution in [3.05, 3.63) is 77.2 Å². The molecule has 0 atom stereocenters. The van der Waals surface area contributed by atoms with Gasteiger partial charge in [-0.25, -0.2) is 9.18 Å². The fraction of sp³-hybridized carbons (Fsp3) is 0.280. The van der Waals surface area contributed by atoms with Crippen LogP contribution < -0.4 is 10.2 Å². The first kappa shape index (κ1) is 23.2. The number of fused-ring (bicyclic) bond motifs is 1. The van der Waals surface area contributed by atoms with Crippen LogP contribution in [0.1, 0.15) is 30.5 Å². The number of rotatable bonds is 4. The van der Waals surface area contributed by atoms with Crippen molar-refractivity contribution < 1.29 is 18.3 Å². The predicted molar refractivity (Wildman–Crippen MR) is 130 cm³/mol. The molecule has 4 rings (SSSR count). The molecule has 2 amide bonds. The minimum atomic E-state index is -2.76. The number of halogens is 1. The second kappa shape index (κ2) is 8.44. The van der Waals surface area contributed by atoms with Crippen LogP contribution in [0.2, 0.25) is 0 Å². The standard InChI is InChI=1S/C25H28FN3O3S/c1-16-11-18(26)7-10-20(16)22-12-21-23(14-27-22)29(15-25(21,2)3)24(30)28-13-17-5-8-19(9-6-17)33(4,31)32/h5-12,14,31-32H,13,15H2,1-4H3,(H,28,30). The number of carbonyl (C=O) groups is 1. The van der Waals surface area contributed by atoms with Crippen molar-refractivity contribution in [1.29, 1.82) is 0 Å². The molecule has 0 aliphatic carbocycles. The Morgan fingerprint density at radius 3 is 2.52 bits per heavy atom. The van der Waals surface area contributed by atoms with Gasteiger partial charge < -0.3 is 5.32 Å². The molecule has 3 N–H and O–H groups in total. The van der Waals surface area contributed by atoms with E-state index >= 15 is 0 Å². The van der Waals surface area contributed by atoms with Gasteiger partial charge in [-0.1, -0.05) is 26.0 Å². The van der Waals surface area contributed by atoms with Gasteiger partial charge in [0.05, 0.1) is 22.5 Å². The molecule has 1 aliphatic heterocycles. The first-order chi connectivity index (χ1) is 15.5. The van der Waals surface area contributed by atoms with Crippen LogP contribution in [-0.2, 0) is 12.0 Å². The van der Waals surface area contributed by atoms with E-state index in [9.17, 15) is 18.3 Å². The highest BCUT2D eigenvalue weighted by Crippen LogP contribution is 2.44. The van der Waals surface area contributed by atoms with Crippen LogP contribution in [0, 0.1) is 12.7 Å². The van der Waals surface area contributed by atoms with Crippen LogP contribution in [0.25, 0.3) is 11.3 Å². The summed E-state index contributed by atoms with van der Waals surface area (Å²) in [6.07, 6.45) is 3.09. The maximum absolute atomic E-state index is 13.5. The lowest BCUT2D eigenvalue weighted by molar-refractivity contribution is 0.245. The average molecular weight is 470 g/mol. The van der Waals surface area contributed by atoms with Gasteiger partial charge in [0.15, 0.2) is 0 Å². The monoisotopic (exact) mass is 469 g/mol. The van der Waals surface area contributed by atoms with Gasteiger partial charge in [0, 0.05) is 30.3 Å². The molecule has 33 heavy (non-hydrogen) atoms. The smallest absolute Gasteiger partial charge is 0.322 e. The number of hydrogen-bond acceptors (Lipinski definition) is 4. The van der Waals surface area contributed by atoms with Crippen LogP contribution in [0.5, 0.6) is 0 Å². The third-order valence-electron chi connectivity index (χ3n) is 5.98. The first-order valence-corrected chi connectivity index (χ1v) is 12.6. The lowest BCUT2D eigenvalue weighted by atomic mass is 9.86. The molecule has 2 heterocycles. The maximum Gasteiger partial charge on any atom is 0.322 e. The van der Waals surface area contributed by atoms with Crippen molar-refractivity contribution in [2.24, 2.45) is 0 Å². The third kappa shape index (κ3) is 4.73. The van der Waals surface area contributed by atoms with Gasteiger partial charge >= 0.3 is 6.03 Å². The molecule has 0 fully saturated rings. The minimum absolute atomic E-state index is 0.224. The van der Waals surface area contributed by atoms with E-state index in [1.54, 1.807) is 41.4 Å². The average Bonchev–Trinajstić information content (AvgIpc) is 3.02. The Kier molecular flexibility index (Phi) is 5.94. The lowest BCUT2D eigenvalue weighted by Gasteiger charge is -2.27. The van der Waals surface area contributed by atoms with Crippen molar-refractivity contribution in [2.75, 3.05) is 17.7 Å². The Morgan fingerprint density at radius 1 is 1.18 bits per heavy atom. The highest BCUT2D eigenvalue weighted by molar-refractivity contribution is 8.23. The Bertz CT molecular complexity index is 1210. The zero-order valence-corrected chi connectivity index (χ0v) is 19.9. The second-order valence-corrected chi connectivity index (χ2v) is 11.3. The molecular weight excluding hydrogens is 441 g/mol. The van der Waals surface area contributed by atoms with Gasteiger partial charge in [0.25, 0.3) is 0 Å². The van der Waals surface area contributed by atoms with E-state index in [0.717, 1.165) is 33.6 Å². The van der Waals surface area contributed by atoms with E-state index in [4.69, 9.17) is 0 Å². The van der Waals surface area contributed by atoms with Crippen LogP contribution in [0.4, 0.5) is 14.9 Å². The minimum Gasteiger partial charge on any atom is -0.334 e. The Hall–Kier alpha value is -2.94. The fourth-order valence-corrected chi connectivity index (χ4v) is 4.80. The van der Waals surface area contributed by atoms with Gasteiger partial charge in [-0.3, -0.25) is 19.0 Å². The van der Waals surface area contributed by atoms with Crippen molar-refractivity contribution in [3.8, 4) is 11.3 Å². The van der Waals surface area contributed by atoms with Gasteiger partial charge in [-0.2, -0.15) is 10.6 Å². The highest BCUT2D eigenvalue weighted by Gasteiger charge is 2.38. The second-order valence-electron chi connectivity index (χ2n) is 9.15. The number of nitrogens with one attached hydrogen (secondary N) is 1. The molecule has 8 heteroatoms. The molecule has 0 bridgehead atoms. The van der Waals surface area contributed by atoms with Crippen molar-refractivity contribution in [1.82, 2.24) is 10.3 Å². The topological polar surface area (TPSA) is 85.7 Å². The molecule has 0 saturated carbocycles. The first-order valence-electron chi connectivity index (χ1n) is 10.6. The highest BCUT2D eigenvalue weighted by atomic mass is 32.3. The molecule has 1 aliphatic rings. The number of aryl methyl sites for hydroxylation is 1. The van der Waals surface area contributed by atoms with E-state index in [1.165, 1.54) is 18.4 Å². The van der Waals surface area contributed by atoms with Crippen molar-refractivity contribution in [2.45, 2.75) is 37.6 Å². The fourth-order valence-electron chi connectivity index (χ4n) is 4.15. The molecule has 0 unspecified atom stereocenters. The summed E-state index contributed by atoms with van der Waals surface area (Å²) >= 11 is 0. The number of hydrogen-bond donors (Lipinski definition) is 3. The molecule has 3 aromatic rings. The van der Waals surface area contributed by atoms with Gasteiger partial charge in [-0.05, 0) is 60.0 Å². The van der Waals surface area contributed by atoms with Crippen molar-refractivity contribution in [3.63, 3.8) is 0 Å². The van der Waals surface area contributed by atoms with Crippen LogP contribution in [-0.4, -0.2) is 32.9 Å². The summed E-state index contributed by atoms with van der Waals surface area (Å²) in [6, 6.07) is 13.3. The molecule has 2 aromatic carbocycles. The van der Waals surface area contributed by atoms with E-state index in [2.05, 4.69) is 24.1 Å². The zero-order chi connectivity index (χ0) is 24.0. The Labute approximate surface area is 194 Å². The Balaban J connectivity index is 1.53. The lowest BCUT2D eigenvalue weighted by Crippen LogP contribution is -2.41.